The van der Waals surface area contributed by atoms with Crippen molar-refractivity contribution in [1.82, 2.24) is 0 Å². The molecule has 0 aliphatic heterocycles. The Bertz CT molecular complexity index is 178. The lowest BCUT2D eigenvalue weighted by Crippen LogP contribution is -2.28. The van der Waals surface area contributed by atoms with Gasteiger partial charge in [-0.3, -0.25) is 9.36 Å². The Kier molecular flexibility index (Phi) is 5.89. The van der Waals surface area contributed by atoms with Gasteiger partial charge in [0.05, 0.1) is 12.0 Å². The maximum atomic E-state index is 11.4. The first kappa shape index (κ1) is 12.6. The normalized spacial score (nSPS) is 11.6. The van der Waals surface area contributed by atoms with Crippen molar-refractivity contribution in [2.24, 2.45) is 5.41 Å². The van der Waals surface area contributed by atoms with E-state index in [2.05, 4.69) is 0 Å². The van der Waals surface area contributed by atoms with Crippen molar-refractivity contribution in [1.29, 1.82) is 0 Å². The van der Waals surface area contributed by atoms with Crippen molar-refractivity contribution >= 4 is 14.4 Å². The molecule has 0 saturated carbocycles. The fraction of sp³-hybridized carbons (Fsp3) is 0.889. The van der Waals surface area contributed by atoms with Crippen LogP contribution in [0.5, 0.6) is 0 Å². The Morgan fingerprint density at radius 3 is 2.54 bits per heavy atom. The summed E-state index contributed by atoms with van der Waals surface area (Å²) in [6, 6.07) is 0. The molecule has 0 N–H and O–H groups in total. The van der Waals surface area contributed by atoms with Gasteiger partial charge in [0.1, 0.15) is 0 Å². The van der Waals surface area contributed by atoms with Crippen LogP contribution in [-0.4, -0.2) is 18.7 Å². The number of carbonyl (C=O) groups is 1. The molecule has 0 heterocycles. The molecule has 0 aromatic heterocycles. The zero-order chi connectivity index (χ0) is 10.3. The third-order valence-corrected chi connectivity index (χ3v) is 2.66. The van der Waals surface area contributed by atoms with Crippen molar-refractivity contribution < 1.29 is 14.1 Å². The van der Waals surface area contributed by atoms with Gasteiger partial charge < -0.3 is 4.74 Å². The minimum Gasteiger partial charge on any atom is -0.465 e. The van der Waals surface area contributed by atoms with Crippen LogP contribution in [0.25, 0.3) is 0 Å². The molecule has 0 rings (SSSR count). The number of carbonyl (C=O) groups excluding carboxylic acids is 1. The molecule has 0 aliphatic carbocycles. The maximum absolute atomic E-state index is 11.4. The van der Waals surface area contributed by atoms with E-state index in [1.54, 1.807) is 13.8 Å². The van der Waals surface area contributed by atoms with Gasteiger partial charge in [0.25, 0.3) is 0 Å². The number of esters is 1. The summed E-state index contributed by atoms with van der Waals surface area (Å²) in [4.78, 5) is 11.4. The average molecular weight is 204 g/mol. The van der Waals surface area contributed by atoms with Gasteiger partial charge in [0.2, 0.25) is 0 Å². The Balaban J connectivity index is 3.86. The van der Waals surface area contributed by atoms with Gasteiger partial charge in [-0.05, 0) is 20.3 Å². The van der Waals surface area contributed by atoms with E-state index in [4.69, 9.17) is 4.74 Å². The highest BCUT2D eigenvalue weighted by Gasteiger charge is 2.29. The molecular formula is C9H17O3P. The Labute approximate surface area is 81.1 Å². The lowest BCUT2D eigenvalue weighted by Gasteiger charge is -2.18. The van der Waals surface area contributed by atoms with Crippen LogP contribution < -0.4 is 0 Å². The molecule has 0 aromatic carbocycles. The number of rotatable bonds is 6. The standard InChI is InChI=1S/C9H17O3P/c1-4-5-6-12-8(10)9(2,3)7-13-11/h4-7H2,1-3H3. The van der Waals surface area contributed by atoms with E-state index in [9.17, 15) is 9.36 Å². The van der Waals surface area contributed by atoms with Gasteiger partial charge in [-0.1, -0.05) is 13.3 Å². The van der Waals surface area contributed by atoms with Crippen LogP contribution in [0.1, 0.15) is 33.6 Å². The third-order valence-electron chi connectivity index (χ3n) is 1.74. The first-order chi connectivity index (χ1) is 6.04. The Morgan fingerprint density at radius 1 is 1.46 bits per heavy atom. The second-order valence-corrected chi connectivity index (χ2v) is 4.23. The van der Waals surface area contributed by atoms with E-state index in [1.165, 1.54) is 0 Å². The van der Waals surface area contributed by atoms with E-state index < -0.39 is 5.41 Å². The molecule has 0 fully saturated rings. The highest BCUT2D eigenvalue weighted by molar-refractivity contribution is 7.23. The summed E-state index contributed by atoms with van der Waals surface area (Å²) in [6.45, 7) is 5.99. The average Bonchev–Trinajstić information content (AvgIpc) is 2.04. The lowest BCUT2D eigenvalue weighted by atomic mass is 9.97. The topological polar surface area (TPSA) is 43.4 Å². The zero-order valence-electron chi connectivity index (χ0n) is 8.50. The molecule has 0 unspecified atom stereocenters. The molecular weight excluding hydrogens is 187 g/mol. The van der Waals surface area contributed by atoms with Crippen molar-refractivity contribution in [3.63, 3.8) is 0 Å². The Hall–Kier alpha value is -0.430. The van der Waals surface area contributed by atoms with Crippen molar-refractivity contribution in [3.8, 4) is 0 Å². The van der Waals surface area contributed by atoms with Gasteiger partial charge in [0, 0.05) is 6.16 Å². The highest BCUT2D eigenvalue weighted by atomic mass is 31.1. The summed E-state index contributed by atoms with van der Waals surface area (Å²) >= 11 is 0. The van der Waals surface area contributed by atoms with Crippen LogP contribution in [0.4, 0.5) is 0 Å². The van der Waals surface area contributed by atoms with Gasteiger partial charge in [-0.2, -0.15) is 0 Å². The van der Waals surface area contributed by atoms with Crippen LogP contribution in [-0.2, 0) is 14.1 Å². The summed E-state index contributed by atoms with van der Waals surface area (Å²) in [5.74, 6) is -0.260. The maximum Gasteiger partial charge on any atom is 0.312 e. The minimum atomic E-state index is -0.628. The van der Waals surface area contributed by atoms with Crippen molar-refractivity contribution in [2.45, 2.75) is 33.6 Å². The third kappa shape index (κ3) is 4.99. The second-order valence-electron chi connectivity index (χ2n) is 3.66. The van der Waals surface area contributed by atoms with Crippen LogP contribution in [0.15, 0.2) is 0 Å². The molecule has 0 aliphatic rings. The second kappa shape index (κ2) is 6.09. The molecule has 0 spiro atoms. The number of hydrogen-bond donors (Lipinski definition) is 0. The van der Waals surface area contributed by atoms with Gasteiger partial charge in [0.15, 0.2) is 8.46 Å². The van der Waals surface area contributed by atoms with Crippen molar-refractivity contribution in [3.05, 3.63) is 0 Å². The van der Waals surface area contributed by atoms with E-state index in [0.717, 1.165) is 12.8 Å². The van der Waals surface area contributed by atoms with Crippen LogP contribution >= 0.6 is 8.46 Å². The SMILES string of the molecule is CCCCOC(=O)C(C)(C)CP=O. The molecule has 4 heteroatoms. The molecule has 0 bridgehead atoms. The monoisotopic (exact) mass is 204 g/mol. The molecule has 3 nitrogen and oxygen atoms in total. The lowest BCUT2D eigenvalue weighted by molar-refractivity contribution is -0.152. The molecule has 0 radical (unpaired) electrons. The number of ether oxygens (including phenoxy) is 1. The molecule has 0 aromatic rings. The predicted molar refractivity (Wildman–Crippen MR) is 52.1 cm³/mol. The van der Waals surface area contributed by atoms with Crippen LogP contribution in [0.3, 0.4) is 0 Å². The van der Waals surface area contributed by atoms with Gasteiger partial charge >= 0.3 is 5.97 Å². The first-order valence-electron chi connectivity index (χ1n) is 4.51. The zero-order valence-corrected chi connectivity index (χ0v) is 9.39. The van der Waals surface area contributed by atoms with Crippen LogP contribution in [0.2, 0.25) is 0 Å². The summed E-state index contributed by atoms with van der Waals surface area (Å²) in [5, 5.41) is 0. The number of hydrogen-bond acceptors (Lipinski definition) is 3. The van der Waals surface area contributed by atoms with E-state index in [-0.39, 0.29) is 14.4 Å². The van der Waals surface area contributed by atoms with Crippen molar-refractivity contribution in [2.75, 3.05) is 12.8 Å². The summed E-state index contributed by atoms with van der Waals surface area (Å²) in [7, 11) is -0.00912. The highest BCUT2D eigenvalue weighted by Crippen LogP contribution is 2.22. The predicted octanol–water partition coefficient (Wildman–Crippen LogP) is 2.65. The number of unbranched alkanes of at least 4 members (excludes halogenated alkanes) is 1. The summed E-state index contributed by atoms with van der Waals surface area (Å²) in [6.07, 6.45) is 2.21. The molecule has 13 heavy (non-hydrogen) atoms. The largest absolute Gasteiger partial charge is 0.465 e. The molecule has 76 valence electrons. The molecule has 0 atom stereocenters. The van der Waals surface area contributed by atoms with Gasteiger partial charge in [-0.15, -0.1) is 0 Å². The molecule has 0 saturated heterocycles. The van der Waals surface area contributed by atoms with Crippen LogP contribution in [0, 0.1) is 5.41 Å². The first-order valence-corrected chi connectivity index (χ1v) is 5.50. The fourth-order valence-electron chi connectivity index (χ4n) is 0.730. The fourth-order valence-corrected chi connectivity index (χ4v) is 1.18. The molecule has 0 amide bonds. The quantitative estimate of drug-likeness (QED) is 0.379. The van der Waals surface area contributed by atoms with E-state index in [0.29, 0.717) is 12.8 Å². The van der Waals surface area contributed by atoms with Gasteiger partial charge in [-0.25, -0.2) is 0 Å². The minimum absolute atomic E-state index is 0.00912. The smallest absolute Gasteiger partial charge is 0.312 e. The summed E-state index contributed by atoms with van der Waals surface area (Å²) < 4.78 is 15.4. The van der Waals surface area contributed by atoms with E-state index in [1.807, 2.05) is 6.92 Å². The Morgan fingerprint density at radius 2 is 2.08 bits per heavy atom. The van der Waals surface area contributed by atoms with E-state index >= 15 is 0 Å². The summed E-state index contributed by atoms with van der Waals surface area (Å²) in [5.41, 5.74) is -0.628.